The van der Waals surface area contributed by atoms with Gasteiger partial charge < -0.3 is 35.8 Å². The summed E-state index contributed by atoms with van der Waals surface area (Å²) in [4.78, 5) is 39.9. The lowest BCUT2D eigenvalue weighted by atomic mass is 9.59. The van der Waals surface area contributed by atoms with Crippen molar-refractivity contribution in [2.45, 2.75) is 24.9 Å². The third-order valence-corrected chi connectivity index (χ3v) is 7.95. The predicted octanol–water partition coefficient (Wildman–Crippen LogP) is 1.90. The Morgan fingerprint density at radius 2 is 1.77 bits per heavy atom. The number of Topliss-reactive ketones (excluding diaryl/α,β-unsaturated/α-hetero) is 2. The molecular formula is C30H28N2O8. The van der Waals surface area contributed by atoms with Crippen molar-refractivity contribution >= 4 is 28.9 Å². The number of amides is 1. The van der Waals surface area contributed by atoms with E-state index in [1.165, 1.54) is 0 Å². The minimum atomic E-state index is -2.61. The molecule has 10 heteroatoms. The number of carbonyl (C=O) groups is 3. The molecule has 3 aliphatic rings. The molecule has 0 saturated heterocycles. The molecule has 3 atom stereocenters. The fraction of sp³-hybridized carbons (Fsp3) is 0.300. The molecule has 0 spiro atoms. The normalized spacial score (nSPS) is 23.5. The second-order valence-corrected chi connectivity index (χ2v) is 10.4. The topological polar surface area (TPSA) is 171 Å². The van der Waals surface area contributed by atoms with E-state index in [1.807, 2.05) is 0 Å². The summed E-state index contributed by atoms with van der Waals surface area (Å²) in [6.45, 7) is 0. The number of aromatic hydroxyl groups is 1. The molecule has 40 heavy (non-hydrogen) atoms. The summed E-state index contributed by atoms with van der Waals surface area (Å²) in [6, 6.07) is 8.70. The van der Waals surface area contributed by atoms with E-state index in [9.17, 15) is 34.8 Å². The van der Waals surface area contributed by atoms with Crippen molar-refractivity contribution in [3.8, 4) is 23.3 Å². The first-order chi connectivity index (χ1) is 18.9. The van der Waals surface area contributed by atoms with Crippen molar-refractivity contribution in [2.24, 2.45) is 17.6 Å². The van der Waals surface area contributed by atoms with Crippen LogP contribution in [0.5, 0.6) is 11.5 Å². The van der Waals surface area contributed by atoms with Gasteiger partial charge in [-0.15, -0.1) is 0 Å². The first kappa shape index (κ1) is 26.8. The Morgan fingerprint density at radius 3 is 2.38 bits per heavy atom. The number of aliphatic hydroxyl groups excluding tert-OH is 2. The number of nitrogens with zero attached hydrogens (tertiary/aromatic N) is 1. The predicted molar refractivity (Wildman–Crippen MR) is 145 cm³/mol. The standard InChI is InChI=1S/C30H28N2O8/c1-32(2)20-12-15(7-4-14-5-8-18(40-3)9-6-14)25(34)23-19(20)11-16-10-17-13-21(33)24(29(31)38)28(37)30(17,39)27(36)22(16)26(23)35/h5-6,8-9,12,16-17,34-35,37,39H,10-11,13H2,1-3H3,(H2,31,38). The highest BCUT2D eigenvalue weighted by atomic mass is 16.5. The van der Waals surface area contributed by atoms with Crippen molar-refractivity contribution in [1.82, 2.24) is 0 Å². The lowest BCUT2D eigenvalue weighted by Gasteiger charge is -2.46. The molecule has 206 valence electrons. The quantitative estimate of drug-likeness (QED) is 0.286. The first-order valence-corrected chi connectivity index (χ1v) is 12.6. The lowest BCUT2D eigenvalue weighted by Crippen LogP contribution is -2.58. The summed E-state index contributed by atoms with van der Waals surface area (Å²) in [5, 5.41) is 44.9. The van der Waals surface area contributed by atoms with E-state index in [0.29, 0.717) is 22.6 Å². The number of primary amides is 1. The third-order valence-electron chi connectivity index (χ3n) is 7.95. The van der Waals surface area contributed by atoms with Crippen LogP contribution in [0.3, 0.4) is 0 Å². The molecule has 1 saturated carbocycles. The molecule has 1 fully saturated rings. The van der Waals surface area contributed by atoms with Gasteiger partial charge in [0.1, 0.15) is 28.6 Å². The molecule has 0 heterocycles. The number of anilines is 1. The summed E-state index contributed by atoms with van der Waals surface area (Å²) < 4.78 is 5.16. The number of hydrogen-bond acceptors (Lipinski definition) is 9. The van der Waals surface area contributed by atoms with Gasteiger partial charge in [-0.1, -0.05) is 11.8 Å². The molecule has 0 aromatic heterocycles. The number of ether oxygens (including phenoxy) is 1. The number of nitrogens with two attached hydrogens (primary N) is 1. The average molecular weight is 545 g/mol. The number of benzene rings is 2. The number of methoxy groups -OCH3 is 1. The highest BCUT2D eigenvalue weighted by molar-refractivity contribution is 6.22. The van der Waals surface area contributed by atoms with Gasteiger partial charge in [-0.3, -0.25) is 14.4 Å². The molecule has 2 aromatic carbocycles. The number of phenolic OH excluding ortho intramolecular Hbond substituents is 1. The fourth-order valence-corrected chi connectivity index (χ4v) is 5.98. The second kappa shape index (κ2) is 9.47. The number of phenols is 1. The van der Waals surface area contributed by atoms with Crippen molar-refractivity contribution < 1.29 is 39.5 Å². The van der Waals surface area contributed by atoms with Gasteiger partial charge in [-0.2, -0.15) is 0 Å². The lowest BCUT2D eigenvalue weighted by molar-refractivity contribution is -0.147. The fourth-order valence-electron chi connectivity index (χ4n) is 5.98. The Hall–Kier alpha value is -4.75. The smallest absolute Gasteiger partial charge is 0.255 e. The van der Waals surface area contributed by atoms with Crippen molar-refractivity contribution in [1.29, 1.82) is 0 Å². The van der Waals surface area contributed by atoms with Crippen molar-refractivity contribution in [2.75, 3.05) is 26.1 Å². The summed E-state index contributed by atoms with van der Waals surface area (Å²) in [6.07, 6.45) is -0.0924. The van der Waals surface area contributed by atoms with Crippen LogP contribution in [0.1, 0.15) is 35.1 Å². The van der Waals surface area contributed by atoms with Gasteiger partial charge in [-0.05, 0) is 54.7 Å². The molecule has 6 N–H and O–H groups in total. The Kier molecular flexibility index (Phi) is 6.35. The van der Waals surface area contributed by atoms with E-state index >= 15 is 0 Å². The van der Waals surface area contributed by atoms with Gasteiger partial charge in [0.2, 0.25) is 5.78 Å². The minimum Gasteiger partial charge on any atom is -0.508 e. The summed E-state index contributed by atoms with van der Waals surface area (Å²) in [7, 11) is 5.14. The molecule has 3 aliphatic carbocycles. The minimum absolute atomic E-state index is 0.00244. The molecule has 5 rings (SSSR count). The molecule has 2 aromatic rings. The molecule has 0 radical (unpaired) electrons. The Labute approximate surface area is 230 Å². The third kappa shape index (κ3) is 3.89. The maximum Gasteiger partial charge on any atom is 0.255 e. The maximum atomic E-state index is 13.7. The molecule has 10 nitrogen and oxygen atoms in total. The molecule has 0 aliphatic heterocycles. The van der Waals surface area contributed by atoms with Gasteiger partial charge in [0.25, 0.3) is 5.91 Å². The highest BCUT2D eigenvalue weighted by Crippen LogP contribution is 2.53. The number of aliphatic hydroxyl groups is 3. The Bertz CT molecular complexity index is 1610. The van der Waals surface area contributed by atoms with Gasteiger partial charge in [0.15, 0.2) is 11.4 Å². The van der Waals surface area contributed by atoms with Gasteiger partial charge in [0, 0.05) is 43.3 Å². The van der Waals surface area contributed by atoms with Crippen molar-refractivity contribution in [3.63, 3.8) is 0 Å². The SMILES string of the molecule is COc1ccc(C#Cc2cc(N(C)C)c3c(c2O)C(O)=C2C(=O)C4(O)C(O)=C(C(N)=O)C(=O)CC4CC2C3)cc1. The van der Waals surface area contributed by atoms with Crippen LogP contribution in [0.25, 0.3) is 5.76 Å². The largest absolute Gasteiger partial charge is 0.508 e. The zero-order valence-corrected chi connectivity index (χ0v) is 22.1. The van der Waals surface area contributed by atoms with Crippen LogP contribution in [-0.4, -0.2) is 64.7 Å². The van der Waals surface area contributed by atoms with Crippen LogP contribution in [0.2, 0.25) is 0 Å². The molecule has 0 bridgehead atoms. The van der Waals surface area contributed by atoms with E-state index in [4.69, 9.17) is 10.5 Å². The van der Waals surface area contributed by atoms with E-state index in [0.717, 1.165) is 0 Å². The van der Waals surface area contributed by atoms with E-state index in [2.05, 4.69) is 11.8 Å². The van der Waals surface area contributed by atoms with Crippen LogP contribution >= 0.6 is 0 Å². The monoisotopic (exact) mass is 544 g/mol. The van der Waals surface area contributed by atoms with Gasteiger partial charge in [0.05, 0.1) is 18.2 Å². The molecule has 3 unspecified atom stereocenters. The van der Waals surface area contributed by atoms with Crippen molar-refractivity contribution in [3.05, 3.63) is 69.5 Å². The number of carbonyl (C=O) groups excluding carboxylic acids is 3. The maximum absolute atomic E-state index is 13.7. The van der Waals surface area contributed by atoms with E-state index in [1.54, 1.807) is 56.4 Å². The summed E-state index contributed by atoms with van der Waals surface area (Å²) in [5.74, 6) is -0.137. The molecular weight excluding hydrogens is 516 g/mol. The summed E-state index contributed by atoms with van der Waals surface area (Å²) >= 11 is 0. The summed E-state index contributed by atoms with van der Waals surface area (Å²) in [5.41, 5.74) is 3.69. The van der Waals surface area contributed by atoms with Gasteiger partial charge in [-0.25, -0.2) is 0 Å². The Balaban J connectivity index is 1.67. The van der Waals surface area contributed by atoms with Gasteiger partial charge >= 0.3 is 0 Å². The number of hydrogen-bond donors (Lipinski definition) is 5. The first-order valence-electron chi connectivity index (χ1n) is 12.6. The van der Waals surface area contributed by atoms with Crippen LogP contribution in [0.15, 0.2) is 47.2 Å². The number of rotatable bonds is 3. The van der Waals surface area contributed by atoms with E-state index in [-0.39, 0.29) is 41.7 Å². The second-order valence-electron chi connectivity index (χ2n) is 10.4. The zero-order chi connectivity index (χ0) is 29.1. The average Bonchev–Trinajstić information content (AvgIpc) is 2.90. The van der Waals surface area contributed by atoms with Crippen LogP contribution < -0.4 is 15.4 Å². The Morgan fingerprint density at radius 1 is 1.10 bits per heavy atom. The van der Waals surface area contributed by atoms with E-state index < -0.39 is 52.0 Å². The van der Waals surface area contributed by atoms with Crippen LogP contribution in [-0.2, 0) is 20.8 Å². The zero-order valence-electron chi connectivity index (χ0n) is 22.1. The number of ketones is 2. The molecule has 1 amide bonds. The van der Waals surface area contributed by atoms with Crippen LogP contribution in [0, 0.1) is 23.7 Å². The highest BCUT2D eigenvalue weighted by Gasteiger charge is 2.60. The number of fused-ring (bicyclic) bond motifs is 3. The van der Waals surface area contributed by atoms with Crippen LogP contribution in [0.4, 0.5) is 5.69 Å².